The lowest BCUT2D eigenvalue weighted by Crippen LogP contribution is -2.47. The number of aromatic carboxylic acids is 1. The molecule has 3 aromatic rings. The van der Waals surface area contributed by atoms with Crippen LogP contribution in [0.5, 0.6) is 0 Å². The zero-order valence-corrected chi connectivity index (χ0v) is 20.9. The van der Waals surface area contributed by atoms with Crippen molar-refractivity contribution in [3.8, 4) is 11.3 Å². The highest BCUT2D eigenvalue weighted by Gasteiger charge is 2.33. The second kappa shape index (κ2) is 11.4. The van der Waals surface area contributed by atoms with Crippen molar-refractivity contribution in [1.29, 1.82) is 0 Å². The molecule has 9 heteroatoms. The Hall–Kier alpha value is -3.65. The Balaban J connectivity index is 1.47. The molecular weight excluding hydrogens is 480 g/mol. The Bertz CT molecular complexity index is 1240. The van der Waals surface area contributed by atoms with Crippen LogP contribution in [0.25, 0.3) is 11.3 Å². The van der Waals surface area contributed by atoms with Gasteiger partial charge in [0.05, 0.1) is 23.8 Å². The maximum atomic E-state index is 13.3. The minimum absolute atomic E-state index is 0.0123. The number of carbonyl (C=O) groups is 3. The Kier molecular flexibility index (Phi) is 8.05. The van der Waals surface area contributed by atoms with Crippen LogP contribution in [0.4, 0.5) is 0 Å². The van der Waals surface area contributed by atoms with Gasteiger partial charge in [0.25, 0.3) is 5.91 Å². The number of benzene rings is 2. The molecule has 0 fully saturated rings. The molecule has 188 valence electrons. The highest BCUT2D eigenvalue weighted by Crippen LogP contribution is 2.29. The summed E-state index contributed by atoms with van der Waals surface area (Å²) >= 11 is 6.02. The largest absolute Gasteiger partial charge is 0.478 e. The SMILES string of the molecule is CCCCCC1CN(CC(=O)NCc2ccc(C(=O)O)cc2)C(=O)c2cc(-c3ccc(Cl)cc3)nn21. The second-order valence-corrected chi connectivity index (χ2v) is 9.42. The van der Waals surface area contributed by atoms with Gasteiger partial charge in [-0.15, -0.1) is 0 Å². The first-order chi connectivity index (χ1) is 17.4. The van der Waals surface area contributed by atoms with Crippen LogP contribution in [-0.2, 0) is 11.3 Å². The lowest BCUT2D eigenvalue weighted by Gasteiger charge is -2.33. The summed E-state index contributed by atoms with van der Waals surface area (Å²) in [6, 6.07) is 15.4. The van der Waals surface area contributed by atoms with Crippen molar-refractivity contribution in [2.24, 2.45) is 0 Å². The molecule has 36 heavy (non-hydrogen) atoms. The van der Waals surface area contributed by atoms with Gasteiger partial charge in [-0.3, -0.25) is 14.3 Å². The van der Waals surface area contributed by atoms with Gasteiger partial charge in [-0.05, 0) is 42.3 Å². The van der Waals surface area contributed by atoms with Crippen molar-refractivity contribution in [2.45, 2.75) is 45.2 Å². The van der Waals surface area contributed by atoms with Gasteiger partial charge < -0.3 is 15.3 Å². The molecule has 0 radical (unpaired) electrons. The molecule has 2 heterocycles. The van der Waals surface area contributed by atoms with Crippen LogP contribution in [0.2, 0.25) is 5.02 Å². The van der Waals surface area contributed by atoms with Crippen LogP contribution >= 0.6 is 11.6 Å². The molecular formula is C27H29ClN4O4. The number of amides is 2. The third-order valence-corrected chi connectivity index (χ3v) is 6.58. The van der Waals surface area contributed by atoms with Crippen LogP contribution in [0.1, 0.15) is 65.1 Å². The number of unbranched alkanes of at least 4 members (excludes halogenated alkanes) is 2. The van der Waals surface area contributed by atoms with Gasteiger partial charge in [-0.1, -0.05) is 62.1 Å². The molecule has 0 spiro atoms. The van der Waals surface area contributed by atoms with Crippen molar-refractivity contribution >= 4 is 29.4 Å². The van der Waals surface area contributed by atoms with E-state index in [-0.39, 0.29) is 36.5 Å². The first-order valence-electron chi connectivity index (χ1n) is 12.1. The fraction of sp³-hybridized carbons (Fsp3) is 0.333. The fourth-order valence-electron chi connectivity index (χ4n) is 4.35. The van der Waals surface area contributed by atoms with E-state index in [0.29, 0.717) is 23.0 Å². The van der Waals surface area contributed by atoms with Crippen molar-refractivity contribution < 1.29 is 19.5 Å². The lowest BCUT2D eigenvalue weighted by atomic mass is 10.0. The van der Waals surface area contributed by atoms with E-state index in [1.54, 1.807) is 35.2 Å². The number of fused-ring (bicyclic) bond motifs is 1. The molecule has 2 N–H and O–H groups in total. The molecule has 0 saturated heterocycles. The van der Waals surface area contributed by atoms with Gasteiger partial charge >= 0.3 is 5.97 Å². The first kappa shape index (κ1) is 25.4. The summed E-state index contributed by atoms with van der Waals surface area (Å²) < 4.78 is 1.82. The van der Waals surface area contributed by atoms with Crippen LogP contribution in [-0.4, -0.2) is 50.7 Å². The minimum atomic E-state index is -0.999. The van der Waals surface area contributed by atoms with Crippen molar-refractivity contribution in [3.63, 3.8) is 0 Å². The molecule has 2 amide bonds. The number of nitrogens with one attached hydrogen (secondary N) is 1. The van der Waals surface area contributed by atoms with Crippen LogP contribution in [0, 0.1) is 0 Å². The average molecular weight is 509 g/mol. The Labute approximate surface area is 214 Å². The van der Waals surface area contributed by atoms with E-state index in [4.69, 9.17) is 21.8 Å². The Morgan fingerprint density at radius 2 is 1.83 bits per heavy atom. The molecule has 0 aliphatic carbocycles. The summed E-state index contributed by atoms with van der Waals surface area (Å²) in [4.78, 5) is 38.6. The van der Waals surface area contributed by atoms with Gasteiger partial charge in [0.2, 0.25) is 5.91 Å². The van der Waals surface area contributed by atoms with E-state index >= 15 is 0 Å². The normalized spacial score (nSPS) is 15.0. The van der Waals surface area contributed by atoms with Gasteiger partial charge in [-0.25, -0.2) is 4.79 Å². The number of nitrogens with zero attached hydrogens (tertiary/aromatic N) is 3. The van der Waals surface area contributed by atoms with Crippen LogP contribution in [0.3, 0.4) is 0 Å². The third-order valence-electron chi connectivity index (χ3n) is 6.32. The van der Waals surface area contributed by atoms with E-state index in [0.717, 1.165) is 36.8 Å². The number of carboxylic acids is 1. The molecule has 2 aromatic carbocycles. The monoisotopic (exact) mass is 508 g/mol. The van der Waals surface area contributed by atoms with Gasteiger partial charge in [0.15, 0.2) is 0 Å². The predicted molar refractivity (Wildman–Crippen MR) is 137 cm³/mol. The summed E-state index contributed by atoms with van der Waals surface area (Å²) in [6.45, 7) is 2.75. The predicted octanol–water partition coefficient (Wildman–Crippen LogP) is 4.80. The number of carboxylic acid groups (broad SMARTS) is 1. The maximum Gasteiger partial charge on any atom is 0.335 e. The molecule has 0 saturated carbocycles. The van der Waals surface area contributed by atoms with E-state index < -0.39 is 5.97 Å². The van der Waals surface area contributed by atoms with Crippen LogP contribution < -0.4 is 5.32 Å². The van der Waals surface area contributed by atoms with Crippen molar-refractivity contribution in [3.05, 3.63) is 76.4 Å². The standard InChI is InChI=1S/C27H29ClN4O4/c1-2-3-4-5-22-16-31(17-25(33)29-15-18-6-8-20(9-7-18)27(35)36)26(34)24-14-23(30-32(22)24)19-10-12-21(28)13-11-19/h6-14,22H,2-5,15-17H2,1H3,(H,29,33)(H,35,36). The number of rotatable bonds is 10. The summed E-state index contributed by atoms with van der Waals surface area (Å²) in [5.74, 6) is -1.50. The van der Waals surface area contributed by atoms with Gasteiger partial charge in [0.1, 0.15) is 5.69 Å². The molecule has 1 aliphatic heterocycles. The van der Waals surface area contributed by atoms with E-state index in [1.165, 1.54) is 12.1 Å². The fourth-order valence-corrected chi connectivity index (χ4v) is 4.47. The van der Waals surface area contributed by atoms with Gasteiger partial charge in [0, 0.05) is 23.7 Å². The highest BCUT2D eigenvalue weighted by molar-refractivity contribution is 6.30. The highest BCUT2D eigenvalue weighted by atomic mass is 35.5. The molecule has 8 nitrogen and oxygen atoms in total. The average Bonchev–Trinajstić information content (AvgIpc) is 3.32. The Morgan fingerprint density at radius 1 is 1.11 bits per heavy atom. The summed E-state index contributed by atoms with van der Waals surface area (Å²) in [5.41, 5.74) is 3.02. The molecule has 1 aliphatic rings. The smallest absolute Gasteiger partial charge is 0.335 e. The molecule has 0 bridgehead atoms. The molecule has 1 aromatic heterocycles. The lowest BCUT2D eigenvalue weighted by molar-refractivity contribution is -0.122. The van der Waals surface area contributed by atoms with Crippen molar-refractivity contribution in [2.75, 3.05) is 13.1 Å². The number of halogens is 1. The van der Waals surface area contributed by atoms with Crippen LogP contribution in [0.15, 0.2) is 54.6 Å². The van der Waals surface area contributed by atoms with Crippen molar-refractivity contribution in [1.82, 2.24) is 20.0 Å². The molecule has 4 rings (SSSR count). The Morgan fingerprint density at radius 3 is 2.50 bits per heavy atom. The molecule has 1 unspecified atom stereocenters. The summed E-state index contributed by atoms with van der Waals surface area (Å²) in [6.07, 6.45) is 4.06. The number of carbonyl (C=O) groups excluding carboxylic acids is 2. The minimum Gasteiger partial charge on any atom is -0.478 e. The second-order valence-electron chi connectivity index (χ2n) is 8.98. The maximum absolute atomic E-state index is 13.3. The van der Waals surface area contributed by atoms with E-state index in [9.17, 15) is 14.4 Å². The zero-order valence-electron chi connectivity index (χ0n) is 20.1. The zero-order chi connectivity index (χ0) is 25.7. The number of hydrogen-bond acceptors (Lipinski definition) is 4. The number of hydrogen-bond donors (Lipinski definition) is 2. The first-order valence-corrected chi connectivity index (χ1v) is 12.5. The number of aromatic nitrogens is 2. The van der Waals surface area contributed by atoms with E-state index in [1.807, 2.05) is 16.8 Å². The topological polar surface area (TPSA) is 105 Å². The summed E-state index contributed by atoms with van der Waals surface area (Å²) in [7, 11) is 0. The molecule has 1 atom stereocenters. The quantitative estimate of drug-likeness (QED) is 0.383. The van der Waals surface area contributed by atoms with E-state index in [2.05, 4.69) is 12.2 Å². The van der Waals surface area contributed by atoms with Gasteiger partial charge in [-0.2, -0.15) is 5.10 Å². The summed E-state index contributed by atoms with van der Waals surface area (Å²) in [5, 5.41) is 17.2. The third kappa shape index (κ3) is 5.94.